The third kappa shape index (κ3) is 2.73. The Morgan fingerprint density at radius 1 is 0.955 bits per heavy atom. The van der Waals surface area contributed by atoms with Crippen molar-refractivity contribution >= 4 is 11.0 Å². The zero-order valence-corrected chi connectivity index (χ0v) is 12.3. The Bertz CT molecular complexity index is 777. The first kappa shape index (κ1) is 13.4. The first-order valence-electron chi connectivity index (χ1n) is 7.58. The van der Waals surface area contributed by atoms with Crippen LogP contribution in [-0.2, 0) is 11.3 Å². The predicted octanol–water partition coefficient (Wildman–Crippen LogP) is 2.46. The number of rotatable bonds is 3. The Morgan fingerprint density at radius 2 is 1.77 bits per heavy atom. The van der Waals surface area contributed by atoms with Crippen molar-refractivity contribution in [2.45, 2.75) is 6.54 Å². The second kappa shape index (κ2) is 5.87. The summed E-state index contributed by atoms with van der Waals surface area (Å²) in [6.45, 7) is 4.67. The molecule has 0 unspecified atom stereocenters. The monoisotopic (exact) mass is 294 g/mol. The molecule has 0 atom stereocenters. The predicted molar refractivity (Wildman–Crippen MR) is 85.4 cm³/mol. The van der Waals surface area contributed by atoms with Gasteiger partial charge in [0, 0.05) is 19.6 Å². The van der Waals surface area contributed by atoms with Crippen molar-refractivity contribution in [3.05, 3.63) is 48.0 Å². The quantitative estimate of drug-likeness (QED) is 0.806. The summed E-state index contributed by atoms with van der Waals surface area (Å²) >= 11 is 0. The van der Waals surface area contributed by atoms with Crippen LogP contribution in [0.25, 0.3) is 22.2 Å². The SMILES string of the molecule is c1cc(CN2CCOCC2)cc(-c2ccc3n[nH]nc3c2)c1. The zero-order valence-electron chi connectivity index (χ0n) is 12.3. The highest BCUT2D eigenvalue weighted by atomic mass is 16.5. The standard InChI is InChI=1S/C17H18N4O/c1-2-13(12-21-6-8-22-9-7-21)10-14(3-1)15-4-5-16-17(11-15)19-20-18-16/h1-5,10-11H,6-9,12H2,(H,18,19,20). The molecular formula is C17H18N4O. The topological polar surface area (TPSA) is 54.0 Å². The van der Waals surface area contributed by atoms with Crippen LogP contribution in [-0.4, -0.2) is 46.6 Å². The smallest absolute Gasteiger partial charge is 0.113 e. The fraction of sp³-hybridized carbons (Fsp3) is 0.294. The zero-order chi connectivity index (χ0) is 14.8. The van der Waals surface area contributed by atoms with Crippen molar-refractivity contribution in [1.82, 2.24) is 20.3 Å². The minimum atomic E-state index is 0.836. The fourth-order valence-electron chi connectivity index (χ4n) is 2.89. The van der Waals surface area contributed by atoms with E-state index in [2.05, 4.69) is 56.7 Å². The van der Waals surface area contributed by atoms with Gasteiger partial charge in [-0.3, -0.25) is 4.90 Å². The molecule has 1 saturated heterocycles. The van der Waals surface area contributed by atoms with Gasteiger partial charge >= 0.3 is 0 Å². The lowest BCUT2D eigenvalue weighted by molar-refractivity contribution is 0.0342. The molecule has 1 aliphatic heterocycles. The molecule has 0 radical (unpaired) electrons. The fourth-order valence-corrected chi connectivity index (χ4v) is 2.89. The summed E-state index contributed by atoms with van der Waals surface area (Å²) < 4.78 is 5.41. The minimum Gasteiger partial charge on any atom is -0.379 e. The summed E-state index contributed by atoms with van der Waals surface area (Å²) in [5.41, 5.74) is 5.52. The van der Waals surface area contributed by atoms with Crippen LogP contribution in [0.5, 0.6) is 0 Å². The second-order valence-corrected chi connectivity index (χ2v) is 5.62. The Balaban J connectivity index is 1.60. The molecule has 0 saturated carbocycles. The van der Waals surface area contributed by atoms with Gasteiger partial charge in [0.1, 0.15) is 11.0 Å². The van der Waals surface area contributed by atoms with E-state index in [1.165, 1.54) is 16.7 Å². The first-order chi connectivity index (χ1) is 10.9. The summed E-state index contributed by atoms with van der Waals surface area (Å²) in [7, 11) is 0. The summed E-state index contributed by atoms with van der Waals surface area (Å²) in [4.78, 5) is 2.43. The van der Waals surface area contributed by atoms with Gasteiger partial charge < -0.3 is 4.74 Å². The van der Waals surface area contributed by atoms with Crippen LogP contribution in [0.15, 0.2) is 42.5 Å². The molecule has 3 aromatic rings. The van der Waals surface area contributed by atoms with E-state index in [-0.39, 0.29) is 0 Å². The summed E-state index contributed by atoms with van der Waals surface area (Å²) in [5, 5.41) is 10.9. The molecule has 1 aliphatic rings. The highest BCUT2D eigenvalue weighted by molar-refractivity contribution is 5.80. The van der Waals surface area contributed by atoms with Gasteiger partial charge in [-0.05, 0) is 34.9 Å². The molecule has 2 aromatic carbocycles. The Hall–Kier alpha value is -2.24. The van der Waals surface area contributed by atoms with Crippen LogP contribution >= 0.6 is 0 Å². The van der Waals surface area contributed by atoms with Gasteiger partial charge in [-0.1, -0.05) is 24.3 Å². The number of hydrogen-bond acceptors (Lipinski definition) is 4. The van der Waals surface area contributed by atoms with Gasteiger partial charge in [0.25, 0.3) is 0 Å². The maximum Gasteiger partial charge on any atom is 0.113 e. The molecule has 5 heteroatoms. The molecule has 112 valence electrons. The minimum absolute atomic E-state index is 0.836. The number of nitrogens with one attached hydrogen (secondary N) is 1. The highest BCUT2D eigenvalue weighted by Gasteiger charge is 2.11. The molecule has 0 spiro atoms. The lowest BCUT2D eigenvalue weighted by atomic mass is 10.0. The number of benzene rings is 2. The van der Waals surface area contributed by atoms with E-state index in [1.54, 1.807) is 0 Å². The Kier molecular flexibility index (Phi) is 3.58. The largest absolute Gasteiger partial charge is 0.379 e. The van der Waals surface area contributed by atoms with E-state index in [9.17, 15) is 0 Å². The van der Waals surface area contributed by atoms with E-state index in [4.69, 9.17) is 4.74 Å². The number of aromatic amines is 1. The number of H-pyrrole nitrogens is 1. The summed E-state index contributed by atoms with van der Waals surface area (Å²) in [6.07, 6.45) is 0. The first-order valence-corrected chi connectivity index (χ1v) is 7.58. The number of hydrogen-bond donors (Lipinski definition) is 1. The number of nitrogens with zero attached hydrogens (tertiary/aromatic N) is 3. The van der Waals surface area contributed by atoms with Crippen molar-refractivity contribution in [3.63, 3.8) is 0 Å². The number of morpholine rings is 1. The molecule has 0 bridgehead atoms. The lowest BCUT2D eigenvalue weighted by Crippen LogP contribution is -2.35. The van der Waals surface area contributed by atoms with E-state index in [0.717, 1.165) is 43.9 Å². The summed E-state index contributed by atoms with van der Waals surface area (Å²) in [6, 6.07) is 14.9. The maximum absolute atomic E-state index is 5.41. The van der Waals surface area contributed by atoms with Gasteiger partial charge in [0.2, 0.25) is 0 Å². The van der Waals surface area contributed by atoms with E-state index >= 15 is 0 Å². The van der Waals surface area contributed by atoms with Crippen molar-refractivity contribution in [2.75, 3.05) is 26.3 Å². The van der Waals surface area contributed by atoms with Gasteiger partial charge in [-0.15, -0.1) is 0 Å². The van der Waals surface area contributed by atoms with Crippen LogP contribution in [0, 0.1) is 0 Å². The molecule has 1 fully saturated rings. The van der Waals surface area contributed by atoms with Crippen molar-refractivity contribution in [2.24, 2.45) is 0 Å². The van der Waals surface area contributed by atoms with Crippen LogP contribution < -0.4 is 0 Å². The van der Waals surface area contributed by atoms with E-state index in [0.29, 0.717) is 0 Å². The normalized spacial score (nSPS) is 16.2. The van der Waals surface area contributed by atoms with Gasteiger partial charge in [0.15, 0.2) is 0 Å². The Labute approximate surface area is 128 Å². The third-order valence-corrected chi connectivity index (χ3v) is 4.09. The second-order valence-electron chi connectivity index (χ2n) is 5.62. The van der Waals surface area contributed by atoms with Crippen molar-refractivity contribution in [3.8, 4) is 11.1 Å². The molecule has 0 amide bonds. The molecule has 1 aromatic heterocycles. The van der Waals surface area contributed by atoms with Gasteiger partial charge in [0.05, 0.1) is 13.2 Å². The molecule has 2 heterocycles. The molecule has 22 heavy (non-hydrogen) atoms. The maximum atomic E-state index is 5.41. The van der Waals surface area contributed by atoms with Crippen LogP contribution in [0.3, 0.4) is 0 Å². The molecule has 1 N–H and O–H groups in total. The van der Waals surface area contributed by atoms with Crippen LogP contribution in [0.1, 0.15) is 5.56 Å². The average molecular weight is 294 g/mol. The summed E-state index contributed by atoms with van der Waals surface area (Å²) in [5.74, 6) is 0. The van der Waals surface area contributed by atoms with Gasteiger partial charge in [-0.2, -0.15) is 15.4 Å². The van der Waals surface area contributed by atoms with Crippen molar-refractivity contribution < 1.29 is 4.74 Å². The van der Waals surface area contributed by atoms with Crippen LogP contribution in [0.2, 0.25) is 0 Å². The van der Waals surface area contributed by atoms with Crippen LogP contribution in [0.4, 0.5) is 0 Å². The Morgan fingerprint density at radius 3 is 2.68 bits per heavy atom. The highest BCUT2D eigenvalue weighted by Crippen LogP contribution is 2.24. The molecular weight excluding hydrogens is 276 g/mol. The van der Waals surface area contributed by atoms with Crippen molar-refractivity contribution in [1.29, 1.82) is 0 Å². The lowest BCUT2D eigenvalue weighted by Gasteiger charge is -2.26. The number of aromatic nitrogens is 3. The number of ether oxygens (including phenoxy) is 1. The molecule has 4 rings (SSSR count). The molecule has 0 aliphatic carbocycles. The van der Waals surface area contributed by atoms with Gasteiger partial charge in [-0.25, -0.2) is 0 Å². The van der Waals surface area contributed by atoms with E-state index < -0.39 is 0 Å². The van der Waals surface area contributed by atoms with E-state index in [1.807, 2.05) is 6.07 Å². The molecule has 5 nitrogen and oxygen atoms in total. The number of fused-ring (bicyclic) bond motifs is 1. The average Bonchev–Trinajstić information content (AvgIpc) is 3.04. The third-order valence-electron chi connectivity index (χ3n) is 4.09.